The van der Waals surface area contributed by atoms with Gasteiger partial charge in [-0.3, -0.25) is 19.3 Å². The average molecular weight is 523 g/mol. The molecule has 1 N–H and O–H groups in total. The van der Waals surface area contributed by atoms with Crippen LogP contribution in [0.15, 0.2) is 72.8 Å². The number of carbonyl (C=O) groups is 4. The van der Waals surface area contributed by atoms with Gasteiger partial charge < -0.3 is 10.1 Å². The lowest BCUT2D eigenvalue weighted by atomic mass is 9.55. The first kappa shape index (κ1) is 25.0. The minimum Gasteiger partial charge on any atom is -0.454 e. The van der Waals surface area contributed by atoms with Crippen LogP contribution >= 0.6 is 0 Å². The number of anilines is 1. The Kier molecular flexibility index (Phi) is 6.09. The first-order chi connectivity index (χ1) is 18.8. The average Bonchev–Trinajstić information content (AvgIpc) is 3.18. The van der Waals surface area contributed by atoms with Gasteiger partial charge >= 0.3 is 5.97 Å². The molecule has 0 radical (unpaired) electrons. The number of esters is 1. The molecule has 3 atom stereocenters. The highest BCUT2D eigenvalue weighted by atomic mass is 16.5. The third-order valence-corrected chi connectivity index (χ3v) is 8.28. The summed E-state index contributed by atoms with van der Waals surface area (Å²) in [6.45, 7) is 4.95. The molecule has 0 saturated carbocycles. The van der Waals surface area contributed by atoms with Crippen LogP contribution in [0, 0.1) is 24.7 Å². The number of benzene rings is 3. The van der Waals surface area contributed by atoms with Crippen LogP contribution in [0.4, 0.5) is 5.69 Å². The van der Waals surface area contributed by atoms with Crippen molar-refractivity contribution in [3.8, 4) is 0 Å². The highest BCUT2D eigenvalue weighted by Gasteiger charge is 2.63. The molecule has 39 heavy (non-hydrogen) atoms. The summed E-state index contributed by atoms with van der Waals surface area (Å²) in [6.07, 6.45) is 0. The van der Waals surface area contributed by atoms with Crippen molar-refractivity contribution < 1.29 is 23.9 Å². The maximum Gasteiger partial charge on any atom is 0.330 e. The normalized spacial score (nSPS) is 23.2. The van der Waals surface area contributed by atoms with E-state index in [1.165, 1.54) is 0 Å². The summed E-state index contributed by atoms with van der Waals surface area (Å²) in [7, 11) is 0. The second kappa shape index (κ2) is 9.49. The van der Waals surface area contributed by atoms with E-state index in [0.29, 0.717) is 5.69 Å². The van der Waals surface area contributed by atoms with Gasteiger partial charge in [0.05, 0.1) is 11.8 Å². The van der Waals surface area contributed by atoms with Crippen molar-refractivity contribution in [3.05, 3.63) is 101 Å². The number of aryl methyl sites for hydroxylation is 1. The van der Waals surface area contributed by atoms with E-state index in [9.17, 15) is 19.2 Å². The summed E-state index contributed by atoms with van der Waals surface area (Å²) in [6, 6.07) is 22.2. The van der Waals surface area contributed by atoms with Crippen LogP contribution in [-0.4, -0.2) is 41.2 Å². The third kappa shape index (κ3) is 3.95. The van der Waals surface area contributed by atoms with E-state index in [2.05, 4.69) is 5.32 Å². The number of likely N-dealkylation sites (tertiary alicyclic amines) is 1. The number of carbonyl (C=O) groups excluding carboxylic acids is 4. The van der Waals surface area contributed by atoms with E-state index in [1.54, 1.807) is 19.9 Å². The molecule has 0 spiro atoms. The molecule has 4 aliphatic rings. The van der Waals surface area contributed by atoms with Gasteiger partial charge in [-0.15, -0.1) is 0 Å². The maximum atomic E-state index is 14.0. The van der Waals surface area contributed by atoms with Crippen molar-refractivity contribution in [2.24, 2.45) is 17.8 Å². The zero-order valence-corrected chi connectivity index (χ0v) is 22.1. The fourth-order valence-electron chi connectivity index (χ4n) is 6.79. The van der Waals surface area contributed by atoms with Crippen LogP contribution in [0.25, 0.3) is 0 Å². The van der Waals surface area contributed by atoms with Crippen molar-refractivity contribution in [1.29, 1.82) is 0 Å². The van der Waals surface area contributed by atoms with Gasteiger partial charge in [-0.25, -0.2) is 4.79 Å². The molecule has 7 heteroatoms. The highest BCUT2D eigenvalue weighted by molar-refractivity contribution is 6.10. The van der Waals surface area contributed by atoms with Gasteiger partial charge in [0.1, 0.15) is 6.04 Å². The number of hydrogen-bond acceptors (Lipinski definition) is 5. The Labute approximate surface area is 227 Å². The van der Waals surface area contributed by atoms with Crippen molar-refractivity contribution in [2.45, 2.75) is 38.6 Å². The molecule has 7 rings (SSSR count). The Morgan fingerprint density at radius 2 is 1.33 bits per heavy atom. The van der Waals surface area contributed by atoms with Gasteiger partial charge in [0.25, 0.3) is 5.91 Å². The number of nitrogens with one attached hydrogen (secondary N) is 1. The molecule has 0 unspecified atom stereocenters. The number of imide groups is 1. The Balaban J connectivity index is 1.27. The molecule has 7 nitrogen and oxygen atoms in total. The molecular weight excluding hydrogens is 492 g/mol. The summed E-state index contributed by atoms with van der Waals surface area (Å²) in [5.74, 6) is -3.99. The SMILES string of the molecule is Cc1cccc(NC(=O)COC(=O)[C@H](C(C)C)N2C(=O)[C@@H]3C4c5ccccc5C(c5ccccc54)[C@@H]3C2=O)c1. The first-order valence-corrected chi connectivity index (χ1v) is 13.4. The van der Waals surface area contributed by atoms with Crippen LogP contribution in [0.5, 0.6) is 0 Å². The predicted octanol–water partition coefficient (Wildman–Crippen LogP) is 4.39. The molecular formula is C32H30N2O5. The second-order valence-electron chi connectivity index (χ2n) is 11.0. The fourth-order valence-corrected chi connectivity index (χ4v) is 6.79. The number of nitrogens with zero attached hydrogens (tertiary/aromatic N) is 1. The number of rotatable bonds is 6. The zero-order valence-electron chi connectivity index (χ0n) is 22.1. The zero-order chi connectivity index (χ0) is 27.4. The lowest BCUT2D eigenvalue weighted by Gasteiger charge is -2.45. The Morgan fingerprint density at radius 3 is 1.79 bits per heavy atom. The number of ether oxygens (including phenoxy) is 1. The van der Waals surface area contributed by atoms with Crippen LogP contribution < -0.4 is 5.32 Å². The molecule has 3 aromatic rings. The van der Waals surface area contributed by atoms with Crippen molar-refractivity contribution in [1.82, 2.24) is 4.90 Å². The van der Waals surface area contributed by atoms with Gasteiger partial charge in [0, 0.05) is 17.5 Å². The quantitative estimate of drug-likeness (QED) is 0.383. The lowest BCUT2D eigenvalue weighted by Crippen LogP contribution is -2.49. The van der Waals surface area contributed by atoms with Crippen molar-refractivity contribution in [2.75, 3.05) is 11.9 Å². The molecule has 1 aliphatic heterocycles. The monoisotopic (exact) mass is 522 g/mol. The van der Waals surface area contributed by atoms with E-state index >= 15 is 0 Å². The lowest BCUT2D eigenvalue weighted by molar-refractivity contribution is -0.162. The third-order valence-electron chi connectivity index (χ3n) is 8.28. The van der Waals surface area contributed by atoms with E-state index < -0.39 is 42.3 Å². The molecule has 198 valence electrons. The van der Waals surface area contributed by atoms with E-state index in [4.69, 9.17) is 4.74 Å². The molecule has 3 aliphatic carbocycles. The van der Waals surface area contributed by atoms with Crippen LogP contribution in [0.1, 0.15) is 53.5 Å². The summed E-state index contributed by atoms with van der Waals surface area (Å²) in [4.78, 5) is 55.0. The minimum atomic E-state index is -1.12. The van der Waals surface area contributed by atoms with Gasteiger partial charge in [-0.2, -0.15) is 0 Å². The number of amides is 3. The fraction of sp³-hybridized carbons (Fsp3) is 0.312. The molecule has 3 aromatic carbocycles. The molecule has 2 bridgehead atoms. The van der Waals surface area contributed by atoms with Gasteiger partial charge in [-0.1, -0.05) is 74.5 Å². The minimum absolute atomic E-state index is 0.252. The standard InChI is InChI=1S/C32H30N2O5/c1-17(2)29(32(38)39-16-24(35)33-19-10-8-9-18(3)15-19)34-30(36)27-25-20-11-4-5-12-21(20)26(28(27)31(34)37)23-14-7-6-13-22(23)25/h4-15,17,25-29H,16H2,1-3H3,(H,33,35)/t25?,26?,27-,28+,29-/m0/s1. The Bertz CT molecular complexity index is 1400. The molecule has 1 heterocycles. The Morgan fingerprint density at radius 1 is 0.821 bits per heavy atom. The first-order valence-electron chi connectivity index (χ1n) is 13.4. The maximum absolute atomic E-state index is 14.0. The highest BCUT2D eigenvalue weighted by Crippen LogP contribution is 2.61. The molecule has 0 aromatic heterocycles. The van der Waals surface area contributed by atoms with Crippen LogP contribution in [-0.2, 0) is 23.9 Å². The van der Waals surface area contributed by atoms with Gasteiger partial charge in [0.2, 0.25) is 11.8 Å². The molecule has 1 fully saturated rings. The predicted molar refractivity (Wildman–Crippen MR) is 145 cm³/mol. The summed E-state index contributed by atoms with van der Waals surface area (Å²) in [5.41, 5.74) is 5.86. The Hall–Kier alpha value is -4.26. The van der Waals surface area contributed by atoms with Crippen LogP contribution in [0.3, 0.4) is 0 Å². The van der Waals surface area contributed by atoms with Crippen molar-refractivity contribution >= 4 is 29.4 Å². The topological polar surface area (TPSA) is 92.8 Å². The molecule has 1 saturated heterocycles. The number of hydrogen-bond donors (Lipinski definition) is 1. The van der Waals surface area contributed by atoms with Gasteiger partial charge in [-0.05, 0) is 52.8 Å². The van der Waals surface area contributed by atoms with Crippen molar-refractivity contribution in [3.63, 3.8) is 0 Å². The van der Waals surface area contributed by atoms with E-state index in [1.807, 2.05) is 73.7 Å². The van der Waals surface area contributed by atoms with Gasteiger partial charge in [0.15, 0.2) is 6.61 Å². The van der Waals surface area contributed by atoms with E-state index in [0.717, 1.165) is 32.7 Å². The summed E-state index contributed by atoms with van der Waals surface area (Å²) in [5, 5.41) is 2.71. The van der Waals surface area contributed by atoms with Crippen LogP contribution in [0.2, 0.25) is 0 Å². The largest absolute Gasteiger partial charge is 0.454 e. The second-order valence-corrected chi connectivity index (χ2v) is 11.0. The smallest absolute Gasteiger partial charge is 0.330 e. The molecule has 3 amide bonds. The summed E-state index contributed by atoms with van der Waals surface area (Å²) >= 11 is 0. The summed E-state index contributed by atoms with van der Waals surface area (Å²) < 4.78 is 5.39. The van der Waals surface area contributed by atoms with E-state index in [-0.39, 0.29) is 23.7 Å².